The lowest BCUT2D eigenvalue weighted by molar-refractivity contribution is -0.115. The van der Waals surface area contributed by atoms with E-state index in [4.69, 9.17) is 17.3 Å². The van der Waals surface area contributed by atoms with E-state index in [1.165, 1.54) is 11.8 Å². The van der Waals surface area contributed by atoms with Crippen molar-refractivity contribution in [2.75, 3.05) is 25.1 Å². The molecule has 0 unspecified atom stereocenters. The number of rotatable bonds is 4. The number of thioether (sulfide) groups is 1. The Morgan fingerprint density at radius 3 is 2.94 bits per heavy atom. The van der Waals surface area contributed by atoms with E-state index >= 15 is 0 Å². The van der Waals surface area contributed by atoms with Crippen molar-refractivity contribution in [3.63, 3.8) is 0 Å². The number of hydrogen-bond acceptors (Lipinski definition) is 6. The molecule has 2 rings (SSSR count). The predicted octanol–water partition coefficient (Wildman–Crippen LogP) is 1.67. The van der Waals surface area contributed by atoms with Gasteiger partial charge in [-0.1, -0.05) is 24.0 Å². The van der Waals surface area contributed by atoms with Crippen LogP contribution in [0, 0.1) is 0 Å². The molecule has 0 spiro atoms. The number of thiophene rings is 1. The largest absolute Gasteiger partial charge is 0.395 e. The zero-order valence-corrected chi connectivity index (χ0v) is 12.1. The van der Waals surface area contributed by atoms with Crippen LogP contribution in [0.15, 0.2) is 17.0 Å². The average Bonchev–Trinajstić information content (AvgIpc) is 2.88. The first kappa shape index (κ1) is 13.5. The van der Waals surface area contributed by atoms with Gasteiger partial charge in [0.25, 0.3) is 5.91 Å². The Balaban J connectivity index is 2.13. The summed E-state index contributed by atoms with van der Waals surface area (Å²) in [5, 5.41) is 12.5. The van der Waals surface area contributed by atoms with Gasteiger partial charge in [0.15, 0.2) is 0 Å². The van der Waals surface area contributed by atoms with Crippen molar-refractivity contribution in [1.82, 2.24) is 5.32 Å². The maximum Gasteiger partial charge on any atom is 0.263 e. The third-order valence-electron chi connectivity index (χ3n) is 2.34. The molecule has 0 aliphatic carbocycles. The smallest absolute Gasteiger partial charge is 0.263 e. The van der Waals surface area contributed by atoms with Crippen LogP contribution in [0.4, 0.5) is 5.00 Å². The van der Waals surface area contributed by atoms with Crippen molar-refractivity contribution in [3.8, 4) is 0 Å². The van der Waals surface area contributed by atoms with E-state index in [2.05, 4.69) is 5.32 Å². The Labute approximate surface area is 119 Å². The third-order valence-corrected chi connectivity index (χ3v) is 4.65. The SMILES string of the molecule is CN(CCO)c1ccc(/C=C2\SC(=S)NC2=O)s1. The van der Waals surface area contributed by atoms with Gasteiger partial charge in [0.1, 0.15) is 4.32 Å². The quantitative estimate of drug-likeness (QED) is 0.654. The Hall–Kier alpha value is -0.890. The van der Waals surface area contributed by atoms with Crippen molar-refractivity contribution < 1.29 is 9.90 Å². The van der Waals surface area contributed by atoms with Crippen LogP contribution in [0.5, 0.6) is 0 Å². The molecule has 1 aromatic rings. The molecule has 0 saturated carbocycles. The maximum absolute atomic E-state index is 11.5. The highest BCUT2D eigenvalue weighted by atomic mass is 32.2. The number of carbonyl (C=O) groups is 1. The summed E-state index contributed by atoms with van der Waals surface area (Å²) in [5.74, 6) is -0.135. The molecule has 1 aliphatic rings. The normalized spacial score (nSPS) is 17.3. The second kappa shape index (κ2) is 5.83. The summed E-state index contributed by atoms with van der Waals surface area (Å²) in [4.78, 5) is 15.1. The van der Waals surface area contributed by atoms with E-state index < -0.39 is 0 Å². The van der Waals surface area contributed by atoms with Gasteiger partial charge in [-0.05, 0) is 18.2 Å². The van der Waals surface area contributed by atoms with Crippen LogP contribution in [0.2, 0.25) is 0 Å². The standard InChI is InChI=1S/C11H12N2O2S3/c1-13(4-5-14)9-3-2-7(17-9)6-8-10(15)12-11(16)18-8/h2-3,6,14H,4-5H2,1H3,(H,12,15,16)/b8-6-. The zero-order valence-electron chi connectivity index (χ0n) is 9.67. The van der Waals surface area contributed by atoms with Gasteiger partial charge in [-0.2, -0.15) is 0 Å². The average molecular weight is 300 g/mol. The molecule has 7 heteroatoms. The van der Waals surface area contributed by atoms with E-state index in [-0.39, 0.29) is 12.5 Å². The molecule has 1 fully saturated rings. The summed E-state index contributed by atoms with van der Waals surface area (Å²) in [7, 11) is 1.92. The molecule has 0 bridgehead atoms. The fourth-order valence-corrected chi connectivity index (χ4v) is 3.48. The van der Waals surface area contributed by atoms with Crippen LogP contribution < -0.4 is 10.2 Å². The van der Waals surface area contributed by atoms with Gasteiger partial charge in [-0.3, -0.25) is 4.79 Å². The molecule has 96 valence electrons. The van der Waals surface area contributed by atoms with E-state index in [0.717, 1.165) is 9.88 Å². The minimum Gasteiger partial charge on any atom is -0.395 e. The monoisotopic (exact) mass is 300 g/mol. The minimum atomic E-state index is -0.135. The van der Waals surface area contributed by atoms with Crippen molar-refractivity contribution in [1.29, 1.82) is 0 Å². The van der Waals surface area contributed by atoms with Crippen LogP contribution in [0.1, 0.15) is 4.88 Å². The predicted molar refractivity (Wildman–Crippen MR) is 81.0 cm³/mol. The van der Waals surface area contributed by atoms with Crippen molar-refractivity contribution in [2.45, 2.75) is 0 Å². The molecule has 2 N–H and O–H groups in total. The van der Waals surface area contributed by atoms with Crippen LogP contribution in [-0.2, 0) is 4.79 Å². The second-order valence-corrected chi connectivity index (χ2v) is 6.49. The Kier molecular flexibility index (Phi) is 4.39. The lowest BCUT2D eigenvalue weighted by Crippen LogP contribution is -2.19. The molecule has 1 aliphatic heterocycles. The van der Waals surface area contributed by atoms with Crippen LogP contribution in [-0.4, -0.2) is 35.5 Å². The summed E-state index contributed by atoms with van der Waals surface area (Å²) in [6, 6.07) is 3.93. The van der Waals surface area contributed by atoms with Gasteiger partial charge in [0.2, 0.25) is 0 Å². The molecular formula is C11H12N2O2S3. The van der Waals surface area contributed by atoms with Gasteiger partial charge in [0, 0.05) is 18.5 Å². The third kappa shape index (κ3) is 3.11. The zero-order chi connectivity index (χ0) is 13.1. The summed E-state index contributed by atoms with van der Waals surface area (Å²) >= 11 is 7.78. The number of nitrogens with zero attached hydrogens (tertiary/aromatic N) is 1. The number of aliphatic hydroxyl groups is 1. The van der Waals surface area contributed by atoms with Crippen LogP contribution >= 0.6 is 35.3 Å². The highest BCUT2D eigenvalue weighted by Gasteiger charge is 2.22. The Morgan fingerprint density at radius 2 is 2.33 bits per heavy atom. The number of thiocarbonyl (C=S) groups is 1. The Morgan fingerprint density at radius 1 is 1.56 bits per heavy atom. The number of aliphatic hydroxyl groups excluding tert-OH is 1. The summed E-state index contributed by atoms with van der Waals surface area (Å²) in [5.41, 5.74) is 0. The van der Waals surface area contributed by atoms with Gasteiger partial charge in [0.05, 0.1) is 16.5 Å². The number of anilines is 1. The molecule has 4 nitrogen and oxygen atoms in total. The summed E-state index contributed by atoms with van der Waals surface area (Å²) < 4.78 is 0.500. The Bertz CT molecular complexity index is 510. The van der Waals surface area contributed by atoms with E-state index in [1.54, 1.807) is 11.3 Å². The van der Waals surface area contributed by atoms with E-state index in [0.29, 0.717) is 15.8 Å². The van der Waals surface area contributed by atoms with Gasteiger partial charge < -0.3 is 15.3 Å². The number of amides is 1. The first-order chi connectivity index (χ1) is 8.60. The van der Waals surface area contributed by atoms with Gasteiger partial charge in [-0.15, -0.1) is 11.3 Å². The highest BCUT2D eigenvalue weighted by molar-refractivity contribution is 8.26. The van der Waals surface area contributed by atoms with Gasteiger partial charge in [-0.25, -0.2) is 0 Å². The van der Waals surface area contributed by atoms with Gasteiger partial charge >= 0.3 is 0 Å². The molecule has 1 amide bonds. The van der Waals surface area contributed by atoms with Crippen molar-refractivity contribution in [3.05, 3.63) is 21.9 Å². The lowest BCUT2D eigenvalue weighted by atomic mass is 10.4. The fourth-order valence-electron chi connectivity index (χ4n) is 1.44. The number of hydrogen-bond donors (Lipinski definition) is 2. The molecule has 1 saturated heterocycles. The number of nitrogens with one attached hydrogen (secondary N) is 1. The minimum absolute atomic E-state index is 0.122. The van der Waals surface area contributed by atoms with Crippen LogP contribution in [0.3, 0.4) is 0 Å². The summed E-state index contributed by atoms with van der Waals surface area (Å²) in [6.45, 7) is 0.715. The maximum atomic E-state index is 11.5. The van der Waals surface area contributed by atoms with E-state index in [9.17, 15) is 4.79 Å². The molecule has 2 heterocycles. The van der Waals surface area contributed by atoms with Crippen molar-refractivity contribution in [2.24, 2.45) is 0 Å². The van der Waals surface area contributed by atoms with E-state index in [1.807, 2.05) is 30.2 Å². The molecule has 18 heavy (non-hydrogen) atoms. The van der Waals surface area contributed by atoms with Crippen LogP contribution in [0.25, 0.3) is 6.08 Å². The second-order valence-electron chi connectivity index (χ2n) is 3.67. The molecule has 0 aromatic carbocycles. The number of carbonyl (C=O) groups excluding carboxylic acids is 1. The fraction of sp³-hybridized carbons (Fsp3) is 0.273. The molecule has 0 atom stereocenters. The lowest BCUT2D eigenvalue weighted by Gasteiger charge is -2.14. The highest BCUT2D eigenvalue weighted by Crippen LogP contribution is 2.31. The first-order valence-electron chi connectivity index (χ1n) is 5.27. The van der Waals surface area contributed by atoms with Crippen molar-refractivity contribution >= 4 is 56.6 Å². The number of likely N-dealkylation sites (N-methyl/N-ethyl adjacent to an activating group) is 1. The summed E-state index contributed by atoms with van der Waals surface area (Å²) in [6.07, 6.45) is 1.83. The molecular weight excluding hydrogens is 288 g/mol. The first-order valence-corrected chi connectivity index (χ1v) is 7.31. The molecule has 1 aromatic heterocycles. The molecule has 0 radical (unpaired) electrons. The topological polar surface area (TPSA) is 52.6 Å².